The van der Waals surface area contributed by atoms with Gasteiger partial charge in [-0.05, 0) is 68.6 Å². The fourth-order valence-corrected chi connectivity index (χ4v) is 6.61. The number of allylic oxidation sites excluding steroid dienone is 1. The van der Waals surface area contributed by atoms with Gasteiger partial charge in [-0.25, -0.2) is 4.79 Å². The van der Waals surface area contributed by atoms with Crippen LogP contribution in [0, 0.1) is 29.1 Å². The van der Waals surface area contributed by atoms with Crippen LogP contribution in [0.4, 0.5) is 0 Å². The average Bonchev–Trinajstić information content (AvgIpc) is 2.60. The third-order valence-corrected chi connectivity index (χ3v) is 8.10. The number of hydrogen-bond donors (Lipinski definition) is 2. The Morgan fingerprint density at radius 2 is 1.73 bits per heavy atom. The molecule has 6 unspecified atom stereocenters. The van der Waals surface area contributed by atoms with Gasteiger partial charge in [0.1, 0.15) is 5.60 Å². The molecule has 1 saturated heterocycles. The highest BCUT2D eigenvalue weighted by atomic mass is 16.6. The summed E-state index contributed by atoms with van der Waals surface area (Å²) in [6.07, 6.45) is 7.48. The highest BCUT2D eigenvalue weighted by Gasteiger charge is 2.60. The molecule has 0 aromatic carbocycles. The summed E-state index contributed by atoms with van der Waals surface area (Å²) >= 11 is 0. The van der Waals surface area contributed by atoms with Gasteiger partial charge in [-0.3, -0.25) is 4.79 Å². The third kappa shape index (κ3) is 2.35. The predicted octanol–water partition coefficient (Wildman–Crippen LogP) is 4.00. The number of ether oxygens (including phenoxy) is 1. The number of ketones is 1. The van der Waals surface area contributed by atoms with Crippen LogP contribution in [-0.4, -0.2) is 27.6 Å². The van der Waals surface area contributed by atoms with Gasteiger partial charge in [0, 0.05) is 17.9 Å². The number of rotatable bonds is 0. The number of esters is 1. The van der Waals surface area contributed by atoms with E-state index in [1.807, 2.05) is 6.92 Å². The van der Waals surface area contributed by atoms with Gasteiger partial charge < -0.3 is 14.9 Å². The molecule has 142 valence electrons. The van der Waals surface area contributed by atoms with E-state index in [4.69, 9.17) is 4.74 Å². The highest BCUT2D eigenvalue weighted by Crippen LogP contribution is 2.63. The number of aliphatic hydroxyl groups is 2. The van der Waals surface area contributed by atoms with Crippen molar-refractivity contribution in [3.8, 4) is 0 Å². The second-order valence-corrected chi connectivity index (χ2v) is 9.21. The number of aliphatic hydroxyl groups excluding tert-OH is 2. The molecule has 0 radical (unpaired) electrons. The number of fused-ring (bicyclic) bond motifs is 5. The molecule has 3 aliphatic carbocycles. The van der Waals surface area contributed by atoms with Crippen LogP contribution in [0.15, 0.2) is 23.7 Å². The molecule has 26 heavy (non-hydrogen) atoms. The SMILES string of the molecule is CC12CCC3C(CCC4CC(=O)/C(=C\O)CC43C)C1C/C(=C/O)C(=O)O2. The molecular formula is C21H28O5. The molecule has 5 nitrogen and oxygen atoms in total. The lowest BCUT2D eigenvalue weighted by molar-refractivity contribution is -0.193. The molecule has 5 heteroatoms. The molecule has 4 aliphatic rings. The van der Waals surface area contributed by atoms with Crippen molar-refractivity contribution in [1.82, 2.24) is 0 Å². The molecule has 1 aliphatic heterocycles. The van der Waals surface area contributed by atoms with E-state index in [9.17, 15) is 19.8 Å². The summed E-state index contributed by atoms with van der Waals surface area (Å²) in [7, 11) is 0. The topological polar surface area (TPSA) is 83.8 Å². The van der Waals surface area contributed by atoms with E-state index in [-0.39, 0.29) is 17.1 Å². The Kier molecular flexibility index (Phi) is 3.97. The molecule has 2 N–H and O–H groups in total. The van der Waals surface area contributed by atoms with Crippen LogP contribution in [0.1, 0.15) is 58.8 Å². The van der Waals surface area contributed by atoms with E-state index >= 15 is 0 Å². The Bertz CT molecular complexity index is 707. The van der Waals surface area contributed by atoms with Crippen LogP contribution in [0.5, 0.6) is 0 Å². The van der Waals surface area contributed by atoms with Crippen molar-refractivity contribution in [1.29, 1.82) is 0 Å². The van der Waals surface area contributed by atoms with Gasteiger partial charge >= 0.3 is 5.97 Å². The first-order chi connectivity index (χ1) is 12.3. The molecule has 4 rings (SSSR count). The van der Waals surface area contributed by atoms with Crippen LogP contribution in [-0.2, 0) is 14.3 Å². The molecule has 0 bridgehead atoms. The summed E-state index contributed by atoms with van der Waals surface area (Å²) in [4.78, 5) is 24.4. The molecule has 0 aromatic rings. The van der Waals surface area contributed by atoms with Crippen LogP contribution in [0.25, 0.3) is 0 Å². The minimum Gasteiger partial charge on any atom is -0.515 e. The van der Waals surface area contributed by atoms with E-state index in [0.29, 0.717) is 48.2 Å². The summed E-state index contributed by atoms with van der Waals surface area (Å²) in [5.41, 5.74) is 0.463. The zero-order valence-electron chi connectivity index (χ0n) is 15.5. The standard InChI is InChI=1S/C21H28O5/c1-20-9-13(11-23)18(24)8-14(20)3-4-15-16(20)5-6-21(2)17(15)7-12(10-22)19(25)26-21/h10-11,14-17,22-23H,3-9H2,1-2H3/b12-10-,13-11-. The second kappa shape index (κ2) is 5.86. The first kappa shape index (κ1) is 17.6. The van der Waals surface area contributed by atoms with Crippen molar-refractivity contribution in [3.63, 3.8) is 0 Å². The summed E-state index contributed by atoms with van der Waals surface area (Å²) < 4.78 is 5.79. The van der Waals surface area contributed by atoms with Gasteiger partial charge in [-0.15, -0.1) is 0 Å². The van der Waals surface area contributed by atoms with Crippen molar-refractivity contribution in [2.24, 2.45) is 29.1 Å². The smallest absolute Gasteiger partial charge is 0.337 e. The normalized spacial score (nSPS) is 48.5. The van der Waals surface area contributed by atoms with E-state index < -0.39 is 11.6 Å². The van der Waals surface area contributed by atoms with Crippen molar-refractivity contribution in [2.75, 3.05) is 0 Å². The lowest BCUT2D eigenvalue weighted by Crippen LogP contribution is -2.58. The first-order valence-corrected chi connectivity index (χ1v) is 9.75. The molecule has 0 spiro atoms. The lowest BCUT2D eigenvalue weighted by atomic mass is 9.45. The zero-order chi connectivity index (χ0) is 18.7. The van der Waals surface area contributed by atoms with E-state index in [1.165, 1.54) is 0 Å². The summed E-state index contributed by atoms with van der Waals surface area (Å²) in [6.45, 7) is 4.32. The Balaban J connectivity index is 1.67. The molecule has 1 heterocycles. The van der Waals surface area contributed by atoms with Crippen LogP contribution in [0.2, 0.25) is 0 Å². The van der Waals surface area contributed by atoms with Crippen LogP contribution >= 0.6 is 0 Å². The van der Waals surface area contributed by atoms with Gasteiger partial charge in [0.2, 0.25) is 0 Å². The van der Waals surface area contributed by atoms with Crippen LogP contribution in [0.3, 0.4) is 0 Å². The maximum absolute atomic E-state index is 12.3. The van der Waals surface area contributed by atoms with E-state index in [0.717, 1.165) is 38.2 Å². The summed E-state index contributed by atoms with van der Waals surface area (Å²) in [5.74, 6) is 1.12. The molecule has 6 atom stereocenters. The van der Waals surface area contributed by atoms with Crippen molar-refractivity contribution >= 4 is 11.8 Å². The van der Waals surface area contributed by atoms with Gasteiger partial charge in [0.15, 0.2) is 5.78 Å². The predicted molar refractivity (Wildman–Crippen MR) is 95.3 cm³/mol. The van der Waals surface area contributed by atoms with Gasteiger partial charge in [0.05, 0.1) is 18.1 Å². The van der Waals surface area contributed by atoms with Crippen molar-refractivity contribution in [3.05, 3.63) is 23.7 Å². The molecular weight excluding hydrogens is 332 g/mol. The molecule has 4 fully saturated rings. The minimum absolute atomic E-state index is 0.00271. The fraction of sp³-hybridized carbons (Fsp3) is 0.714. The Morgan fingerprint density at radius 1 is 1.00 bits per heavy atom. The van der Waals surface area contributed by atoms with Gasteiger partial charge in [0.25, 0.3) is 0 Å². The monoisotopic (exact) mass is 360 g/mol. The fourth-order valence-electron chi connectivity index (χ4n) is 6.61. The number of carbonyl (C=O) groups excluding carboxylic acids is 2. The lowest BCUT2D eigenvalue weighted by Gasteiger charge is -2.61. The third-order valence-electron chi connectivity index (χ3n) is 8.10. The van der Waals surface area contributed by atoms with Crippen LogP contribution < -0.4 is 0 Å². The number of hydrogen-bond acceptors (Lipinski definition) is 5. The number of Topliss-reactive ketones (excluding diaryl/α,β-unsaturated/α-hetero) is 1. The maximum Gasteiger partial charge on any atom is 0.337 e. The Labute approximate surface area is 154 Å². The highest BCUT2D eigenvalue weighted by molar-refractivity contribution is 5.96. The Morgan fingerprint density at radius 3 is 2.42 bits per heavy atom. The number of carbonyl (C=O) groups is 2. The Hall–Kier alpha value is -1.78. The van der Waals surface area contributed by atoms with Crippen molar-refractivity contribution in [2.45, 2.75) is 64.4 Å². The van der Waals surface area contributed by atoms with Gasteiger partial charge in [-0.1, -0.05) is 6.92 Å². The van der Waals surface area contributed by atoms with E-state index in [2.05, 4.69) is 6.92 Å². The quantitative estimate of drug-likeness (QED) is 0.387. The molecule has 0 amide bonds. The summed E-state index contributed by atoms with van der Waals surface area (Å²) in [5, 5.41) is 18.9. The van der Waals surface area contributed by atoms with Crippen molar-refractivity contribution < 1.29 is 24.5 Å². The largest absolute Gasteiger partial charge is 0.515 e. The molecule has 0 aromatic heterocycles. The first-order valence-electron chi connectivity index (χ1n) is 9.75. The maximum atomic E-state index is 12.3. The van der Waals surface area contributed by atoms with Gasteiger partial charge in [-0.2, -0.15) is 0 Å². The molecule has 3 saturated carbocycles. The average molecular weight is 360 g/mol. The zero-order valence-corrected chi connectivity index (χ0v) is 15.5. The second-order valence-electron chi connectivity index (χ2n) is 9.21. The minimum atomic E-state index is -0.464. The van der Waals surface area contributed by atoms with E-state index in [1.54, 1.807) is 0 Å². The summed E-state index contributed by atoms with van der Waals surface area (Å²) in [6, 6.07) is 0.